The highest BCUT2D eigenvalue weighted by Crippen LogP contribution is 2.47. The Morgan fingerprint density at radius 3 is 2.73 bits per heavy atom. The molecule has 2 fully saturated rings. The Hall–Kier alpha value is -3.22. The molecule has 4 aliphatic rings. The molecule has 0 spiro atoms. The van der Waals surface area contributed by atoms with Gasteiger partial charge >= 0.3 is 6.03 Å². The molecule has 0 unspecified atom stereocenters. The summed E-state index contributed by atoms with van der Waals surface area (Å²) in [5.74, 6) is 1.60. The van der Waals surface area contributed by atoms with Crippen LogP contribution in [0.15, 0.2) is 42.5 Å². The van der Waals surface area contributed by atoms with Gasteiger partial charge in [-0.05, 0) is 61.4 Å². The van der Waals surface area contributed by atoms with Crippen molar-refractivity contribution in [2.24, 2.45) is 5.92 Å². The third-order valence-corrected chi connectivity index (χ3v) is 7.74. The van der Waals surface area contributed by atoms with E-state index in [1.54, 1.807) is 0 Å². The zero-order chi connectivity index (χ0) is 22.5. The molecule has 172 valence electrons. The molecule has 0 aliphatic carbocycles. The highest BCUT2D eigenvalue weighted by molar-refractivity contribution is 5.84. The average Bonchev–Trinajstić information content (AvgIpc) is 3.30. The minimum Gasteiger partial charge on any atom is -0.454 e. The Balaban J connectivity index is 1.27. The first-order valence-electron chi connectivity index (χ1n) is 11.9. The molecule has 3 amide bonds. The Morgan fingerprint density at radius 1 is 1.12 bits per heavy atom. The van der Waals surface area contributed by atoms with Gasteiger partial charge in [-0.15, -0.1) is 0 Å². The molecular formula is C26H29N3O4. The molecule has 6 rings (SSSR count). The number of fused-ring (bicyclic) bond motifs is 5. The molecule has 0 aromatic heterocycles. The minimum absolute atomic E-state index is 0.0306. The normalized spacial score (nSPS) is 26.2. The molecule has 0 bridgehead atoms. The van der Waals surface area contributed by atoms with E-state index in [2.05, 4.69) is 11.4 Å². The lowest BCUT2D eigenvalue weighted by Crippen LogP contribution is -2.61. The number of hydrogen-bond acceptors (Lipinski definition) is 4. The maximum atomic E-state index is 13.6. The number of benzene rings is 2. The van der Waals surface area contributed by atoms with Crippen molar-refractivity contribution in [3.8, 4) is 11.5 Å². The number of amides is 3. The average molecular weight is 448 g/mol. The van der Waals surface area contributed by atoms with Gasteiger partial charge in [-0.2, -0.15) is 0 Å². The lowest BCUT2D eigenvalue weighted by molar-refractivity contribution is -0.148. The summed E-state index contributed by atoms with van der Waals surface area (Å²) in [5, 5.41) is 3.16. The first kappa shape index (κ1) is 20.4. The SMILES string of the molecule is C[C@@H](NC(=O)N1CCC[C@H]2C(=O)N3CCc4cc5c(cc4[C@@H]3C[C@H]21)OCO5)c1ccccc1. The van der Waals surface area contributed by atoms with Crippen molar-refractivity contribution >= 4 is 11.9 Å². The number of carbonyl (C=O) groups excluding carboxylic acids is 2. The molecule has 2 saturated heterocycles. The van der Waals surface area contributed by atoms with Crippen LogP contribution in [0.2, 0.25) is 0 Å². The molecule has 2 aromatic carbocycles. The van der Waals surface area contributed by atoms with Crippen LogP contribution in [-0.2, 0) is 11.2 Å². The van der Waals surface area contributed by atoms with Crippen molar-refractivity contribution in [1.29, 1.82) is 0 Å². The molecule has 4 aliphatic heterocycles. The van der Waals surface area contributed by atoms with E-state index in [9.17, 15) is 9.59 Å². The number of piperidine rings is 2. The van der Waals surface area contributed by atoms with Crippen LogP contribution in [0.4, 0.5) is 4.79 Å². The Morgan fingerprint density at radius 2 is 1.91 bits per heavy atom. The summed E-state index contributed by atoms with van der Waals surface area (Å²) in [6, 6.07) is 13.8. The predicted octanol–water partition coefficient (Wildman–Crippen LogP) is 3.80. The molecular weight excluding hydrogens is 418 g/mol. The molecule has 0 saturated carbocycles. The summed E-state index contributed by atoms with van der Waals surface area (Å²) < 4.78 is 11.2. The van der Waals surface area contributed by atoms with Gasteiger partial charge in [0.1, 0.15) is 0 Å². The van der Waals surface area contributed by atoms with Crippen LogP contribution in [0.1, 0.15) is 55.0 Å². The van der Waals surface area contributed by atoms with Gasteiger partial charge in [0.15, 0.2) is 11.5 Å². The van der Waals surface area contributed by atoms with Crippen LogP contribution in [0.5, 0.6) is 11.5 Å². The van der Waals surface area contributed by atoms with Gasteiger partial charge in [0, 0.05) is 19.1 Å². The fourth-order valence-corrected chi connectivity index (χ4v) is 6.03. The smallest absolute Gasteiger partial charge is 0.318 e. The van der Waals surface area contributed by atoms with Crippen LogP contribution in [0.3, 0.4) is 0 Å². The van der Waals surface area contributed by atoms with Crippen molar-refractivity contribution in [3.05, 3.63) is 59.2 Å². The summed E-state index contributed by atoms with van der Waals surface area (Å²) >= 11 is 0. The van der Waals surface area contributed by atoms with E-state index >= 15 is 0 Å². The van der Waals surface area contributed by atoms with Gasteiger partial charge in [-0.1, -0.05) is 30.3 Å². The lowest BCUT2D eigenvalue weighted by atomic mass is 9.76. The predicted molar refractivity (Wildman–Crippen MR) is 122 cm³/mol. The number of hydrogen-bond donors (Lipinski definition) is 1. The topological polar surface area (TPSA) is 71.1 Å². The number of nitrogens with zero attached hydrogens (tertiary/aromatic N) is 2. The lowest BCUT2D eigenvalue weighted by Gasteiger charge is -2.51. The standard InChI is InChI=1S/C26H29N3O4/c1-16(17-6-3-2-4-7-17)27-26(31)29-10-5-8-19-21(29)14-22-20-13-24-23(32-15-33-24)12-18(20)9-11-28(22)25(19)30/h2-4,6-7,12-13,16,19,21-22H,5,8-11,14-15H2,1H3,(H,27,31)/t16-,19-,21-,22+/m1/s1. The van der Waals surface area contributed by atoms with Gasteiger partial charge < -0.3 is 24.6 Å². The van der Waals surface area contributed by atoms with E-state index in [1.165, 1.54) is 5.56 Å². The molecule has 7 nitrogen and oxygen atoms in total. The quantitative estimate of drug-likeness (QED) is 0.760. The molecule has 33 heavy (non-hydrogen) atoms. The van der Waals surface area contributed by atoms with E-state index in [1.807, 2.05) is 53.1 Å². The molecule has 7 heteroatoms. The van der Waals surface area contributed by atoms with Gasteiger partial charge in [0.05, 0.1) is 18.0 Å². The fraction of sp³-hybridized carbons (Fsp3) is 0.462. The maximum absolute atomic E-state index is 13.6. The first-order chi connectivity index (χ1) is 16.1. The maximum Gasteiger partial charge on any atom is 0.318 e. The van der Waals surface area contributed by atoms with Gasteiger partial charge in [0.2, 0.25) is 12.7 Å². The molecule has 2 aromatic rings. The number of carbonyl (C=O) groups is 2. The van der Waals surface area contributed by atoms with Crippen LogP contribution in [0.25, 0.3) is 0 Å². The first-order valence-corrected chi connectivity index (χ1v) is 11.9. The summed E-state index contributed by atoms with van der Waals surface area (Å²) in [4.78, 5) is 30.9. The number of ether oxygens (including phenoxy) is 2. The number of likely N-dealkylation sites (tertiary alicyclic amines) is 1. The molecule has 0 radical (unpaired) electrons. The second-order valence-electron chi connectivity index (χ2n) is 9.53. The summed E-state index contributed by atoms with van der Waals surface area (Å²) in [7, 11) is 0. The second-order valence-corrected chi connectivity index (χ2v) is 9.53. The summed E-state index contributed by atoms with van der Waals surface area (Å²) in [6.45, 7) is 3.64. The van der Waals surface area contributed by atoms with Crippen molar-refractivity contribution in [3.63, 3.8) is 0 Å². The van der Waals surface area contributed by atoms with Crippen molar-refractivity contribution in [2.45, 2.75) is 50.7 Å². The van der Waals surface area contributed by atoms with E-state index in [0.717, 1.165) is 54.9 Å². The van der Waals surface area contributed by atoms with E-state index in [-0.39, 0.29) is 42.8 Å². The third-order valence-electron chi connectivity index (χ3n) is 7.74. The fourth-order valence-electron chi connectivity index (χ4n) is 6.03. The van der Waals surface area contributed by atoms with E-state index in [4.69, 9.17) is 9.47 Å². The Bertz CT molecular complexity index is 1090. The second kappa shape index (κ2) is 7.97. The van der Waals surface area contributed by atoms with Crippen LogP contribution in [0, 0.1) is 5.92 Å². The molecule has 4 heterocycles. The van der Waals surface area contributed by atoms with Crippen molar-refractivity contribution in [2.75, 3.05) is 19.9 Å². The van der Waals surface area contributed by atoms with Crippen molar-refractivity contribution < 1.29 is 19.1 Å². The number of rotatable bonds is 2. The molecule has 4 atom stereocenters. The number of urea groups is 1. The third kappa shape index (κ3) is 3.41. The van der Waals surface area contributed by atoms with Crippen LogP contribution >= 0.6 is 0 Å². The minimum atomic E-state index is -0.122. The number of nitrogens with one attached hydrogen (secondary N) is 1. The largest absolute Gasteiger partial charge is 0.454 e. The van der Waals surface area contributed by atoms with Gasteiger partial charge in [0.25, 0.3) is 0 Å². The zero-order valence-electron chi connectivity index (χ0n) is 18.8. The Kier molecular flexibility index (Phi) is 4.93. The summed E-state index contributed by atoms with van der Waals surface area (Å²) in [5.41, 5.74) is 3.43. The van der Waals surface area contributed by atoms with Crippen LogP contribution < -0.4 is 14.8 Å². The highest BCUT2D eigenvalue weighted by Gasteiger charge is 2.49. The van der Waals surface area contributed by atoms with Crippen LogP contribution in [-0.4, -0.2) is 47.7 Å². The highest BCUT2D eigenvalue weighted by atomic mass is 16.7. The van der Waals surface area contributed by atoms with Crippen molar-refractivity contribution in [1.82, 2.24) is 15.1 Å². The monoisotopic (exact) mass is 447 g/mol. The zero-order valence-corrected chi connectivity index (χ0v) is 18.8. The van der Waals surface area contributed by atoms with Gasteiger partial charge in [-0.25, -0.2) is 4.79 Å². The van der Waals surface area contributed by atoms with E-state index in [0.29, 0.717) is 6.54 Å². The molecule has 1 N–H and O–H groups in total. The van der Waals surface area contributed by atoms with E-state index < -0.39 is 0 Å². The summed E-state index contributed by atoms with van der Waals surface area (Å²) in [6.07, 6.45) is 3.28. The Labute approximate surface area is 193 Å². The van der Waals surface area contributed by atoms with Gasteiger partial charge in [-0.3, -0.25) is 4.79 Å².